The molecule has 1 aliphatic rings. The lowest BCUT2D eigenvalue weighted by Crippen LogP contribution is -2.48. The summed E-state index contributed by atoms with van der Waals surface area (Å²) in [7, 11) is 1.49. The van der Waals surface area contributed by atoms with Gasteiger partial charge in [0.1, 0.15) is 6.10 Å². The molecule has 1 aromatic rings. The van der Waals surface area contributed by atoms with Gasteiger partial charge < -0.3 is 29.8 Å². The van der Waals surface area contributed by atoms with Gasteiger partial charge in [0.25, 0.3) is 0 Å². The molecule has 0 bridgehead atoms. The van der Waals surface area contributed by atoms with E-state index in [0.29, 0.717) is 6.61 Å². The summed E-state index contributed by atoms with van der Waals surface area (Å²) in [5.74, 6) is 0. The molecule has 21 heavy (non-hydrogen) atoms. The van der Waals surface area contributed by atoms with Crippen molar-refractivity contribution < 1.29 is 24.1 Å². The van der Waals surface area contributed by atoms with E-state index < -0.39 is 18.6 Å². The summed E-state index contributed by atoms with van der Waals surface area (Å²) in [6.45, 7) is 2.08. The van der Waals surface area contributed by atoms with Crippen molar-refractivity contribution in [3.63, 3.8) is 0 Å². The number of hydrogen-bond acceptors (Lipinski definition) is 6. The van der Waals surface area contributed by atoms with E-state index in [0.717, 1.165) is 5.56 Å². The molecule has 1 saturated heterocycles. The maximum absolute atomic E-state index is 9.07. The molecule has 0 saturated carbocycles. The monoisotopic (exact) mass is 297 g/mol. The first-order valence-electron chi connectivity index (χ1n) is 7.02. The van der Waals surface area contributed by atoms with Crippen LogP contribution in [0.1, 0.15) is 18.8 Å². The van der Waals surface area contributed by atoms with Crippen LogP contribution in [0.4, 0.5) is 0 Å². The van der Waals surface area contributed by atoms with Crippen LogP contribution in [0, 0.1) is 0 Å². The minimum absolute atomic E-state index is 0.174. The highest BCUT2D eigenvalue weighted by atomic mass is 16.7. The highest BCUT2D eigenvalue weighted by molar-refractivity contribution is 5.16. The molecule has 0 aliphatic carbocycles. The Hall–Kier alpha value is -1.02. The number of aliphatic hydroxyl groups excluding tert-OH is 1. The molecule has 5 atom stereocenters. The minimum Gasteiger partial charge on any atom is -0.395 e. The van der Waals surface area contributed by atoms with Gasteiger partial charge in [0.15, 0.2) is 12.6 Å². The maximum Gasteiger partial charge on any atom is 0.184 e. The van der Waals surface area contributed by atoms with Gasteiger partial charge in [-0.15, -0.1) is 0 Å². The molecule has 118 valence electrons. The van der Waals surface area contributed by atoms with Crippen molar-refractivity contribution in [1.29, 1.82) is 0 Å². The SMILES string of the molecule is CO[C@@H](OC1COC(c2ccccc2)O[C@H]1C)[C@@H](N)CO. The summed E-state index contributed by atoms with van der Waals surface area (Å²) in [6, 6.07) is 9.14. The number of benzene rings is 1. The van der Waals surface area contributed by atoms with Crippen molar-refractivity contribution in [2.24, 2.45) is 5.73 Å². The Bertz CT molecular complexity index is 416. The standard InChI is InChI=1S/C15H23NO5/c1-10-13(21-15(18-2)12(16)8-17)9-19-14(20-10)11-6-4-3-5-7-11/h3-7,10,12-15,17H,8-9,16H2,1-2H3/t10-,12-,13?,14?,15-/m0/s1. The van der Waals surface area contributed by atoms with E-state index in [1.165, 1.54) is 7.11 Å². The van der Waals surface area contributed by atoms with Crippen LogP contribution in [0.3, 0.4) is 0 Å². The average Bonchev–Trinajstić information content (AvgIpc) is 2.53. The molecule has 1 fully saturated rings. The average molecular weight is 297 g/mol. The van der Waals surface area contributed by atoms with Crippen LogP contribution in [-0.4, -0.2) is 50.0 Å². The van der Waals surface area contributed by atoms with Crippen molar-refractivity contribution in [2.45, 2.75) is 37.8 Å². The van der Waals surface area contributed by atoms with Gasteiger partial charge in [0, 0.05) is 12.7 Å². The first kappa shape index (κ1) is 16.4. The molecule has 0 aromatic heterocycles. The zero-order chi connectivity index (χ0) is 15.2. The Labute approximate surface area is 124 Å². The van der Waals surface area contributed by atoms with Gasteiger partial charge in [-0.05, 0) is 6.92 Å². The van der Waals surface area contributed by atoms with Gasteiger partial charge in [0.2, 0.25) is 0 Å². The summed E-state index contributed by atoms with van der Waals surface area (Å²) in [5, 5.41) is 9.07. The van der Waals surface area contributed by atoms with Crippen LogP contribution in [-0.2, 0) is 18.9 Å². The van der Waals surface area contributed by atoms with Gasteiger partial charge in [-0.25, -0.2) is 0 Å². The minimum atomic E-state index is -0.692. The molecule has 0 spiro atoms. The summed E-state index contributed by atoms with van der Waals surface area (Å²) in [5.41, 5.74) is 6.70. The van der Waals surface area contributed by atoms with Crippen LogP contribution in [0.25, 0.3) is 0 Å². The first-order valence-corrected chi connectivity index (χ1v) is 7.02. The summed E-state index contributed by atoms with van der Waals surface area (Å²) < 4.78 is 22.4. The molecule has 1 aliphatic heterocycles. The van der Waals surface area contributed by atoms with Crippen molar-refractivity contribution in [3.8, 4) is 0 Å². The molecular weight excluding hydrogens is 274 g/mol. The molecular formula is C15H23NO5. The molecule has 0 radical (unpaired) electrons. The van der Waals surface area contributed by atoms with Gasteiger partial charge in [-0.3, -0.25) is 0 Å². The fraction of sp³-hybridized carbons (Fsp3) is 0.600. The predicted octanol–water partition coefficient (Wildman–Crippen LogP) is 0.798. The van der Waals surface area contributed by atoms with Gasteiger partial charge in [-0.2, -0.15) is 0 Å². The Morgan fingerprint density at radius 1 is 1.38 bits per heavy atom. The van der Waals surface area contributed by atoms with E-state index in [9.17, 15) is 0 Å². The quantitative estimate of drug-likeness (QED) is 0.756. The first-order chi connectivity index (χ1) is 10.2. The van der Waals surface area contributed by atoms with Crippen molar-refractivity contribution in [2.75, 3.05) is 20.3 Å². The molecule has 6 nitrogen and oxygen atoms in total. The third-order valence-corrected chi connectivity index (χ3v) is 3.45. The molecule has 2 rings (SSSR count). The topological polar surface area (TPSA) is 83.2 Å². The third kappa shape index (κ3) is 4.23. The van der Waals surface area contributed by atoms with E-state index >= 15 is 0 Å². The van der Waals surface area contributed by atoms with Crippen LogP contribution in [0.2, 0.25) is 0 Å². The lowest BCUT2D eigenvalue weighted by atomic mass is 10.1. The van der Waals surface area contributed by atoms with Gasteiger partial charge >= 0.3 is 0 Å². The summed E-state index contributed by atoms with van der Waals surface area (Å²) >= 11 is 0. The molecule has 2 unspecified atom stereocenters. The number of nitrogens with two attached hydrogens (primary N) is 1. The van der Waals surface area contributed by atoms with E-state index in [-0.39, 0.29) is 18.8 Å². The van der Waals surface area contributed by atoms with Gasteiger partial charge in [0.05, 0.1) is 25.4 Å². The molecule has 0 amide bonds. The van der Waals surface area contributed by atoms with Crippen molar-refractivity contribution >= 4 is 0 Å². The van der Waals surface area contributed by atoms with Crippen LogP contribution in [0.15, 0.2) is 30.3 Å². The van der Waals surface area contributed by atoms with E-state index in [2.05, 4.69) is 0 Å². The lowest BCUT2D eigenvalue weighted by molar-refractivity contribution is -0.291. The fourth-order valence-electron chi connectivity index (χ4n) is 2.16. The number of rotatable bonds is 6. The van der Waals surface area contributed by atoms with Crippen LogP contribution in [0.5, 0.6) is 0 Å². The number of hydrogen-bond donors (Lipinski definition) is 2. The molecule has 1 heterocycles. The lowest BCUT2D eigenvalue weighted by Gasteiger charge is -2.37. The largest absolute Gasteiger partial charge is 0.395 e. The van der Waals surface area contributed by atoms with Gasteiger partial charge in [-0.1, -0.05) is 30.3 Å². The second kappa shape index (κ2) is 7.84. The number of ether oxygens (including phenoxy) is 4. The van der Waals surface area contributed by atoms with Crippen LogP contribution >= 0.6 is 0 Å². The molecule has 3 N–H and O–H groups in total. The summed E-state index contributed by atoms with van der Waals surface area (Å²) in [6.07, 6.45) is -1.56. The Kier molecular flexibility index (Phi) is 6.10. The Morgan fingerprint density at radius 2 is 2.10 bits per heavy atom. The second-order valence-electron chi connectivity index (χ2n) is 5.04. The third-order valence-electron chi connectivity index (χ3n) is 3.45. The normalized spacial score (nSPS) is 29.0. The van der Waals surface area contributed by atoms with Crippen LogP contribution < -0.4 is 5.73 Å². The summed E-state index contributed by atoms with van der Waals surface area (Å²) in [4.78, 5) is 0. The smallest absolute Gasteiger partial charge is 0.184 e. The highest BCUT2D eigenvalue weighted by Crippen LogP contribution is 2.28. The van der Waals surface area contributed by atoms with E-state index in [4.69, 9.17) is 29.8 Å². The van der Waals surface area contributed by atoms with Crippen molar-refractivity contribution in [1.82, 2.24) is 0 Å². The number of aliphatic hydroxyl groups is 1. The molecule has 6 heteroatoms. The fourth-order valence-corrected chi connectivity index (χ4v) is 2.16. The predicted molar refractivity (Wildman–Crippen MR) is 76.4 cm³/mol. The highest BCUT2D eigenvalue weighted by Gasteiger charge is 2.33. The second-order valence-corrected chi connectivity index (χ2v) is 5.04. The zero-order valence-electron chi connectivity index (χ0n) is 12.3. The zero-order valence-corrected chi connectivity index (χ0v) is 12.3. The van der Waals surface area contributed by atoms with E-state index in [1.54, 1.807) is 0 Å². The Balaban J connectivity index is 1.92. The molecule has 1 aromatic carbocycles. The van der Waals surface area contributed by atoms with E-state index in [1.807, 2.05) is 37.3 Å². The number of methoxy groups -OCH3 is 1. The Morgan fingerprint density at radius 3 is 2.67 bits per heavy atom. The van der Waals surface area contributed by atoms with Crippen molar-refractivity contribution in [3.05, 3.63) is 35.9 Å². The maximum atomic E-state index is 9.07.